The number of hydrogen-bond acceptors (Lipinski definition) is 2. The van der Waals surface area contributed by atoms with Crippen molar-refractivity contribution in [3.63, 3.8) is 0 Å². The predicted molar refractivity (Wildman–Crippen MR) is 77.3 cm³/mol. The number of nitrogens with zero attached hydrogens (tertiary/aromatic N) is 2. The van der Waals surface area contributed by atoms with E-state index in [0.717, 1.165) is 31.6 Å². The third kappa shape index (κ3) is 3.81. The summed E-state index contributed by atoms with van der Waals surface area (Å²) in [5.41, 5.74) is 0.869. The predicted octanol–water partition coefficient (Wildman–Crippen LogP) is 2.54. The highest BCUT2D eigenvalue weighted by molar-refractivity contribution is 5.98. The van der Waals surface area contributed by atoms with E-state index in [1.165, 1.54) is 0 Å². The second kappa shape index (κ2) is 6.36. The van der Waals surface area contributed by atoms with Crippen molar-refractivity contribution < 1.29 is 4.79 Å². The average Bonchev–Trinajstić information content (AvgIpc) is 2.92. The summed E-state index contributed by atoms with van der Waals surface area (Å²) in [4.78, 5) is 18.6. The molecule has 19 heavy (non-hydrogen) atoms. The standard InChI is InChI=1S/C15H21N3O/c1-12(2)14(19)17-15(18-10-6-7-11-18)16-13-8-4-3-5-9-13/h3-5,8-9,12H,6-7,10-11H2,1-2H3,(H,16,17,19). The monoisotopic (exact) mass is 259 g/mol. The van der Waals surface area contributed by atoms with Gasteiger partial charge in [-0.05, 0) is 25.0 Å². The Morgan fingerprint density at radius 1 is 1.21 bits per heavy atom. The summed E-state index contributed by atoms with van der Waals surface area (Å²) < 4.78 is 0. The van der Waals surface area contributed by atoms with Crippen molar-refractivity contribution >= 4 is 17.6 Å². The Hall–Kier alpha value is -1.84. The van der Waals surface area contributed by atoms with E-state index in [1.807, 2.05) is 44.2 Å². The van der Waals surface area contributed by atoms with Gasteiger partial charge in [-0.15, -0.1) is 0 Å². The van der Waals surface area contributed by atoms with Crippen molar-refractivity contribution in [2.24, 2.45) is 10.9 Å². The van der Waals surface area contributed by atoms with Gasteiger partial charge in [0.05, 0.1) is 5.69 Å². The zero-order valence-corrected chi connectivity index (χ0v) is 11.6. The lowest BCUT2D eigenvalue weighted by Gasteiger charge is -2.21. The molecular weight excluding hydrogens is 238 g/mol. The number of para-hydroxylation sites is 1. The molecule has 0 atom stereocenters. The molecular formula is C15H21N3O. The lowest BCUT2D eigenvalue weighted by molar-refractivity contribution is -0.122. The number of benzene rings is 1. The first-order valence-corrected chi connectivity index (χ1v) is 6.86. The van der Waals surface area contributed by atoms with Crippen LogP contribution in [0.15, 0.2) is 35.3 Å². The molecule has 4 nitrogen and oxygen atoms in total. The van der Waals surface area contributed by atoms with E-state index in [0.29, 0.717) is 5.96 Å². The first kappa shape index (κ1) is 13.6. The van der Waals surface area contributed by atoms with Gasteiger partial charge in [0.2, 0.25) is 11.9 Å². The number of amides is 1. The van der Waals surface area contributed by atoms with Gasteiger partial charge in [-0.25, -0.2) is 4.99 Å². The molecule has 0 saturated carbocycles. The third-order valence-corrected chi connectivity index (χ3v) is 3.16. The molecule has 1 saturated heterocycles. The molecule has 4 heteroatoms. The van der Waals surface area contributed by atoms with Crippen molar-refractivity contribution in [1.82, 2.24) is 10.2 Å². The van der Waals surface area contributed by atoms with Gasteiger partial charge in [-0.3, -0.25) is 10.1 Å². The smallest absolute Gasteiger partial charge is 0.229 e. The van der Waals surface area contributed by atoms with Gasteiger partial charge < -0.3 is 4.90 Å². The molecule has 1 amide bonds. The number of nitrogens with one attached hydrogen (secondary N) is 1. The van der Waals surface area contributed by atoms with Crippen LogP contribution in [0.2, 0.25) is 0 Å². The highest BCUT2D eigenvalue weighted by Crippen LogP contribution is 2.14. The second-order valence-electron chi connectivity index (χ2n) is 5.11. The van der Waals surface area contributed by atoms with Gasteiger partial charge in [0, 0.05) is 19.0 Å². The molecule has 1 aliphatic heterocycles. The molecule has 0 aliphatic carbocycles. The number of aliphatic imine (C=N–C) groups is 1. The highest BCUT2D eigenvalue weighted by Gasteiger charge is 2.19. The van der Waals surface area contributed by atoms with Crippen LogP contribution in [0.5, 0.6) is 0 Å². The van der Waals surface area contributed by atoms with Gasteiger partial charge in [-0.1, -0.05) is 32.0 Å². The number of likely N-dealkylation sites (tertiary alicyclic amines) is 1. The topological polar surface area (TPSA) is 44.7 Å². The minimum absolute atomic E-state index is 0.0154. The van der Waals surface area contributed by atoms with E-state index in [-0.39, 0.29) is 11.8 Å². The van der Waals surface area contributed by atoms with E-state index >= 15 is 0 Å². The molecule has 102 valence electrons. The number of carbonyl (C=O) groups excluding carboxylic acids is 1. The molecule has 1 N–H and O–H groups in total. The van der Waals surface area contributed by atoms with Crippen molar-refractivity contribution in [2.75, 3.05) is 13.1 Å². The van der Waals surface area contributed by atoms with Crippen molar-refractivity contribution in [3.8, 4) is 0 Å². The molecule has 0 unspecified atom stereocenters. The van der Waals surface area contributed by atoms with Gasteiger partial charge in [0.25, 0.3) is 0 Å². The fourth-order valence-electron chi connectivity index (χ4n) is 1.99. The Labute approximate surface area is 114 Å². The van der Waals surface area contributed by atoms with Crippen molar-refractivity contribution in [1.29, 1.82) is 0 Å². The van der Waals surface area contributed by atoms with Crippen LogP contribution in [0, 0.1) is 5.92 Å². The Balaban J connectivity index is 2.18. The van der Waals surface area contributed by atoms with Crippen molar-refractivity contribution in [3.05, 3.63) is 30.3 Å². The molecule has 0 radical (unpaired) electrons. The summed E-state index contributed by atoms with van der Waals surface area (Å²) in [6, 6.07) is 9.74. The first-order chi connectivity index (χ1) is 9.16. The number of rotatable bonds is 2. The van der Waals surface area contributed by atoms with Crippen LogP contribution in [0.4, 0.5) is 5.69 Å². The quantitative estimate of drug-likeness (QED) is 0.655. The molecule has 0 aromatic heterocycles. The molecule has 0 bridgehead atoms. The van der Waals surface area contributed by atoms with Crippen LogP contribution >= 0.6 is 0 Å². The molecule has 0 spiro atoms. The van der Waals surface area contributed by atoms with Crippen molar-refractivity contribution in [2.45, 2.75) is 26.7 Å². The van der Waals surface area contributed by atoms with Crippen LogP contribution in [0.25, 0.3) is 0 Å². The molecule has 1 fully saturated rings. The van der Waals surface area contributed by atoms with E-state index in [4.69, 9.17) is 0 Å². The minimum atomic E-state index is -0.0384. The largest absolute Gasteiger partial charge is 0.342 e. The minimum Gasteiger partial charge on any atom is -0.342 e. The maximum absolute atomic E-state index is 11.9. The second-order valence-corrected chi connectivity index (χ2v) is 5.11. The molecule has 1 aromatic rings. The van der Waals surface area contributed by atoms with Crippen LogP contribution in [-0.4, -0.2) is 29.9 Å². The van der Waals surface area contributed by atoms with E-state index < -0.39 is 0 Å². The Morgan fingerprint density at radius 3 is 2.42 bits per heavy atom. The van der Waals surface area contributed by atoms with E-state index in [9.17, 15) is 4.79 Å². The zero-order chi connectivity index (χ0) is 13.7. The Kier molecular flexibility index (Phi) is 4.55. The Bertz CT molecular complexity index is 448. The van der Waals surface area contributed by atoms with Gasteiger partial charge in [0.1, 0.15) is 0 Å². The fraction of sp³-hybridized carbons (Fsp3) is 0.467. The van der Waals surface area contributed by atoms with Crippen LogP contribution < -0.4 is 5.32 Å². The Morgan fingerprint density at radius 2 is 1.84 bits per heavy atom. The summed E-state index contributed by atoms with van der Waals surface area (Å²) in [5, 5.41) is 2.94. The van der Waals surface area contributed by atoms with Gasteiger partial charge >= 0.3 is 0 Å². The molecule has 1 aromatic carbocycles. The average molecular weight is 259 g/mol. The summed E-state index contributed by atoms with van der Waals surface area (Å²) in [6.07, 6.45) is 2.32. The van der Waals surface area contributed by atoms with Crippen LogP contribution in [-0.2, 0) is 4.79 Å². The maximum Gasteiger partial charge on any atom is 0.229 e. The van der Waals surface area contributed by atoms with Crippen LogP contribution in [0.1, 0.15) is 26.7 Å². The highest BCUT2D eigenvalue weighted by atomic mass is 16.2. The van der Waals surface area contributed by atoms with E-state index in [1.54, 1.807) is 0 Å². The number of hydrogen-bond donors (Lipinski definition) is 1. The zero-order valence-electron chi connectivity index (χ0n) is 11.6. The third-order valence-electron chi connectivity index (χ3n) is 3.16. The molecule has 1 aliphatic rings. The summed E-state index contributed by atoms with van der Waals surface area (Å²) in [6.45, 7) is 5.70. The SMILES string of the molecule is CC(C)C(=O)NC(=Nc1ccccc1)N1CCCC1. The fourth-order valence-corrected chi connectivity index (χ4v) is 1.99. The normalized spacial score (nSPS) is 15.9. The molecule has 1 heterocycles. The summed E-state index contributed by atoms with van der Waals surface area (Å²) >= 11 is 0. The number of carbonyl (C=O) groups is 1. The molecule has 2 rings (SSSR count). The first-order valence-electron chi connectivity index (χ1n) is 6.86. The lowest BCUT2D eigenvalue weighted by atomic mass is 10.2. The lowest BCUT2D eigenvalue weighted by Crippen LogP contribution is -2.44. The maximum atomic E-state index is 11.9. The van der Waals surface area contributed by atoms with Crippen LogP contribution in [0.3, 0.4) is 0 Å². The number of guanidine groups is 1. The van der Waals surface area contributed by atoms with E-state index in [2.05, 4.69) is 15.2 Å². The van der Waals surface area contributed by atoms with Gasteiger partial charge in [-0.2, -0.15) is 0 Å². The summed E-state index contributed by atoms with van der Waals surface area (Å²) in [5.74, 6) is 0.660. The van der Waals surface area contributed by atoms with Gasteiger partial charge in [0.15, 0.2) is 0 Å². The summed E-state index contributed by atoms with van der Waals surface area (Å²) in [7, 11) is 0.